The fourth-order valence-electron chi connectivity index (χ4n) is 5.55. The van der Waals surface area contributed by atoms with Gasteiger partial charge in [-0.1, -0.05) is 74.5 Å². The van der Waals surface area contributed by atoms with Crippen molar-refractivity contribution < 1.29 is 24.2 Å². The van der Waals surface area contributed by atoms with Gasteiger partial charge in [-0.3, -0.25) is 24.3 Å². The number of carbonyl (C=O) groups excluding carboxylic acids is 3. The van der Waals surface area contributed by atoms with Gasteiger partial charge in [0, 0.05) is 18.6 Å². The highest BCUT2D eigenvalue weighted by Crippen LogP contribution is 2.31. The number of aliphatic hydroxyl groups excluding tert-OH is 1. The number of aliphatic hydroxyl groups is 1. The molecule has 10 heteroatoms. The van der Waals surface area contributed by atoms with Gasteiger partial charge in [-0.25, -0.2) is 4.99 Å². The lowest BCUT2D eigenvalue weighted by Crippen LogP contribution is -2.57. The lowest BCUT2D eigenvalue weighted by atomic mass is 9.96. The fraction of sp³-hybridized carbons (Fsp3) is 0.343. The molecule has 2 aliphatic rings. The van der Waals surface area contributed by atoms with Crippen molar-refractivity contribution in [2.24, 2.45) is 10.9 Å². The Labute approximate surface area is 263 Å². The molecule has 2 aliphatic heterocycles. The van der Waals surface area contributed by atoms with E-state index in [1.807, 2.05) is 88.4 Å². The van der Waals surface area contributed by atoms with Crippen LogP contribution in [0, 0.1) is 5.92 Å². The molecule has 3 atom stereocenters. The molecule has 3 aromatic rings. The highest BCUT2D eigenvalue weighted by atomic mass is 16.5. The number of hydrogen-bond donors (Lipinski definition) is 2. The van der Waals surface area contributed by atoms with E-state index in [0.717, 1.165) is 5.56 Å². The summed E-state index contributed by atoms with van der Waals surface area (Å²) in [4.78, 5) is 53.1. The Morgan fingerprint density at radius 3 is 2.33 bits per heavy atom. The minimum Gasteiger partial charge on any atom is -0.476 e. The lowest BCUT2D eigenvalue weighted by Gasteiger charge is -2.41. The van der Waals surface area contributed by atoms with Gasteiger partial charge in [0.2, 0.25) is 11.8 Å². The number of hydrogen-bond acceptors (Lipinski definition) is 7. The Bertz CT molecular complexity index is 1570. The van der Waals surface area contributed by atoms with Crippen molar-refractivity contribution >= 4 is 29.3 Å². The van der Waals surface area contributed by atoms with Crippen molar-refractivity contribution in [2.45, 2.75) is 57.8 Å². The molecule has 234 valence electrons. The van der Waals surface area contributed by atoms with E-state index in [9.17, 15) is 19.5 Å². The standard InChI is InChI=1S/C35H39N5O5/c1-23(2)30-34(44)39(28(25-14-9-6-10-15-25)20-40(30)33(43)26-16-11-17-36-19-26)21-29(41)37-27(18-24-12-7-5-8-13-24)31(42)32-38-35(3,4)22-45-32/h5-17,19-20,23,27,30-31,42H,18,21-22H2,1-4H3,(H,37,41)/t27-,30+,31?/m0/s1. The first kappa shape index (κ1) is 31.6. The number of carbonyl (C=O) groups is 3. The predicted molar refractivity (Wildman–Crippen MR) is 171 cm³/mol. The summed E-state index contributed by atoms with van der Waals surface area (Å²) >= 11 is 0. The minimum atomic E-state index is -1.20. The molecular formula is C35H39N5O5. The third-order valence-electron chi connectivity index (χ3n) is 7.78. The van der Waals surface area contributed by atoms with E-state index in [4.69, 9.17) is 4.74 Å². The van der Waals surface area contributed by atoms with Gasteiger partial charge in [0.25, 0.3) is 11.8 Å². The Hall–Kier alpha value is -4.83. The maximum atomic E-state index is 14.2. The maximum absolute atomic E-state index is 14.2. The van der Waals surface area contributed by atoms with E-state index in [1.54, 1.807) is 24.5 Å². The highest BCUT2D eigenvalue weighted by Gasteiger charge is 2.42. The maximum Gasteiger partial charge on any atom is 0.260 e. The van der Waals surface area contributed by atoms with Crippen molar-refractivity contribution in [1.29, 1.82) is 0 Å². The van der Waals surface area contributed by atoms with E-state index in [0.29, 0.717) is 29.9 Å². The molecule has 3 heterocycles. The molecule has 2 aromatic carbocycles. The van der Waals surface area contributed by atoms with Gasteiger partial charge in [-0.15, -0.1) is 0 Å². The van der Waals surface area contributed by atoms with Crippen LogP contribution in [-0.4, -0.2) is 80.4 Å². The fourth-order valence-corrected chi connectivity index (χ4v) is 5.55. The van der Waals surface area contributed by atoms with Crippen molar-refractivity contribution in [1.82, 2.24) is 20.1 Å². The molecule has 0 radical (unpaired) electrons. The van der Waals surface area contributed by atoms with Crippen molar-refractivity contribution in [3.05, 3.63) is 108 Å². The Balaban J connectivity index is 1.46. The number of rotatable bonds is 10. The molecule has 1 unspecified atom stereocenters. The zero-order valence-corrected chi connectivity index (χ0v) is 26.0. The third-order valence-corrected chi connectivity index (χ3v) is 7.78. The summed E-state index contributed by atoms with van der Waals surface area (Å²) < 4.78 is 5.72. The van der Waals surface area contributed by atoms with Crippen LogP contribution >= 0.6 is 0 Å². The first-order valence-corrected chi connectivity index (χ1v) is 15.1. The van der Waals surface area contributed by atoms with E-state index in [2.05, 4.69) is 15.3 Å². The summed E-state index contributed by atoms with van der Waals surface area (Å²) in [7, 11) is 0. The third kappa shape index (κ3) is 7.29. The second-order valence-electron chi connectivity index (χ2n) is 12.3. The average molecular weight is 610 g/mol. The molecule has 5 rings (SSSR count). The topological polar surface area (TPSA) is 124 Å². The van der Waals surface area contributed by atoms with Crippen molar-refractivity contribution in [3.63, 3.8) is 0 Å². The van der Waals surface area contributed by atoms with Crippen LogP contribution in [0.4, 0.5) is 0 Å². The van der Waals surface area contributed by atoms with Crippen LogP contribution in [-0.2, 0) is 20.7 Å². The predicted octanol–water partition coefficient (Wildman–Crippen LogP) is 3.68. The van der Waals surface area contributed by atoms with E-state index in [1.165, 1.54) is 16.0 Å². The van der Waals surface area contributed by atoms with Gasteiger partial charge in [0.1, 0.15) is 25.3 Å². The molecule has 10 nitrogen and oxygen atoms in total. The van der Waals surface area contributed by atoms with Crippen LogP contribution in [0.2, 0.25) is 0 Å². The highest BCUT2D eigenvalue weighted by molar-refractivity contribution is 6.03. The summed E-state index contributed by atoms with van der Waals surface area (Å²) in [5, 5.41) is 14.3. The minimum absolute atomic E-state index is 0.171. The van der Waals surface area contributed by atoms with E-state index in [-0.39, 0.29) is 30.2 Å². The summed E-state index contributed by atoms with van der Waals surface area (Å²) in [5.74, 6) is -1.31. The number of amides is 3. The second kappa shape index (κ2) is 13.4. The van der Waals surface area contributed by atoms with Crippen molar-refractivity contribution in [3.8, 4) is 0 Å². The molecule has 0 bridgehead atoms. The Morgan fingerprint density at radius 2 is 1.73 bits per heavy atom. The van der Waals surface area contributed by atoms with Gasteiger partial charge in [-0.05, 0) is 49.4 Å². The summed E-state index contributed by atoms with van der Waals surface area (Å²) in [6, 6.07) is 20.4. The quantitative estimate of drug-likeness (QED) is 0.362. The molecule has 0 saturated carbocycles. The zero-order valence-electron chi connectivity index (χ0n) is 26.0. The zero-order chi connectivity index (χ0) is 32.1. The summed E-state index contributed by atoms with van der Waals surface area (Å²) in [6.45, 7) is 7.54. The molecule has 0 aliphatic carbocycles. The largest absolute Gasteiger partial charge is 0.476 e. The van der Waals surface area contributed by atoms with Gasteiger partial charge in [0.05, 0.1) is 22.8 Å². The van der Waals surface area contributed by atoms with E-state index >= 15 is 0 Å². The van der Waals surface area contributed by atoms with Gasteiger partial charge in [-0.2, -0.15) is 0 Å². The molecule has 0 saturated heterocycles. The normalized spacial score (nSPS) is 19.0. The number of nitrogens with one attached hydrogen (secondary N) is 1. The number of aromatic nitrogens is 1. The SMILES string of the molecule is CC(C)[C@@H]1C(=O)N(CC(=O)N[C@@H](Cc2ccccc2)C(O)C2=NC(C)(C)CO2)C(c2ccccc2)=CN1C(=O)c1cccnc1. The Morgan fingerprint density at radius 1 is 1.04 bits per heavy atom. The molecule has 1 aromatic heterocycles. The average Bonchev–Trinajstić information content (AvgIpc) is 3.41. The van der Waals surface area contributed by atoms with Crippen molar-refractivity contribution in [2.75, 3.05) is 13.2 Å². The van der Waals surface area contributed by atoms with Crippen LogP contribution in [0.25, 0.3) is 5.70 Å². The van der Waals surface area contributed by atoms with Gasteiger partial charge < -0.3 is 20.1 Å². The lowest BCUT2D eigenvalue weighted by molar-refractivity contribution is -0.138. The first-order valence-electron chi connectivity index (χ1n) is 15.1. The van der Waals surface area contributed by atoms with Crippen LogP contribution in [0.1, 0.15) is 49.2 Å². The molecular weight excluding hydrogens is 570 g/mol. The molecule has 0 fully saturated rings. The number of aliphatic imine (C=N–C) groups is 1. The molecule has 3 amide bonds. The van der Waals surface area contributed by atoms with Gasteiger partial charge in [0.15, 0.2) is 0 Å². The number of nitrogens with zero attached hydrogens (tertiary/aromatic N) is 4. The monoisotopic (exact) mass is 609 g/mol. The number of pyridine rings is 1. The molecule has 2 N–H and O–H groups in total. The summed E-state index contributed by atoms with van der Waals surface area (Å²) in [6.07, 6.45) is 3.81. The second-order valence-corrected chi connectivity index (χ2v) is 12.3. The first-order chi connectivity index (χ1) is 21.5. The number of benzene rings is 2. The molecule has 45 heavy (non-hydrogen) atoms. The van der Waals surface area contributed by atoms with Crippen LogP contribution < -0.4 is 5.32 Å². The van der Waals surface area contributed by atoms with Crippen LogP contribution in [0.3, 0.4) is 0 Å². The van der Waals surface area contributed by atoms with E-state index < -0.39 is 29.6 Å². The van der Waals surface area contributed by atoms with Crippen LogP contribution in [0.5, 0.6) is 0 Å². The number of ether oxygens (including phenoxy) is 1. The Kier molecular flexibility index (Phi) is 9.43. The van der Waals surface area contributed by atoms with Crippen LogP contribution in [0.15, 0.2) is 96.4 Å². The smallest absolute Gasteiger partial charge is 0.260 e. The molecule has 0 spiro atoms. The van der Waals surface area contributed by atoms with Gasteiger partial charge >= 0.3 is 0 Å². The summed E-state index contributed by atoms with van der Waals surface area (Å²) in [5.41, 5.74) is 1.85.